The molecule has 0 bridgehead atoms. The second-order valence-corrected chi connectivity index (χ2v) is 5.46. The number of aryl methyl sites for hydroxylation is 1. The van der Waals surface area contributed by atoms with Gasteiger partial charge in [0.2, 0.25) is 0 Å². The number of benzene rings is 2. The maximum Gasteiger partial charge on any atom is 0.0717 e. The molecule has 0 amide bonds. The number of rotatable bonds is 3. The molecule has 0 radical (unpaired) electrons. The highest BCUT2D eigenvalue weighted by Crippen LogP contribution is 2.29. The van der Waals surface area contributed by atoms with Crippen molar-refractivity contribution in [2.45, 2.75) is 13.0 Å². The van der Waals surface area contributed by atoms with Crippen LogP contribution < -0.4 is 11.3 Å². The normalized spacial score (nSPS) is 12.5. The van der Waals surface area contributed by atoms with Crippen LogP contribution in [0.5, 0.6) is 0 Å². The molecule has 1 atom stereocenters. The molecule has 2 aromatic carbocycles. The Kier molecular flexibility index (Phi) is 3.88. The van der Waals surface area contributed by atoms with E-state index in [1.165, 1.54) is 0 Å². The second-order valence-electron chi connectivity index (χ2n) is 5.02. The van der Waals surface area contributed by atoms with Gasteiger partial charge in [0.15, 0.2) is 0 Å². The number of hydrogen-bond acceptors (Lipinski definition) is 3. The summed E-state index contributed by atoms with van der Waals surface area (Å²) in [7, 11) is 0. The van der Waals surface area contributed by atoms with Crippen LogP contribution in [-0.2, 0) is 0 Å². The van der Waals surface area contributed by atoms with Crippen LogP contribution >= 0.6 is 11.6 Å². The summed E-state index contributed by atoms with van der Waals surface area (Å²) in [6, 6.07) is 17.8. The van der Waals surface area contributed by atoms with Crippen molar-refractivity contribution in [3.8, 4) is 0 Å². The lowest BCUT2D eigenvalue weighted by Gasteiger charge is -2.19. The van der Waals surface area contributed by atoms with Gasteiger partial charge in [-0.15, -0.1) is 0 Å². The number of para-hydroxylation sites is 1. The van der Waals surface area contributed by atoms with Gasteiger partial charge in [-0.3, -0.25) is 10.8 Å². The van der Waals surface area contributed by atoms with E-state index in [1.807, 2.05) is 49.4 Å². The van der Waals surface area contributed by atoms with Crippen LogP contribution in [0.15, 0.2) is 54.6 Å². The van der Waals surface area contributed by atoms with E-state index in [4.69, 9.17) is 17.4 Å². The number of aromatic nitrogens is 1. The summed E-state index contributed by atoms with van der Waals surface area (Å²) < 4.78 is 0. The van der Waals surface area contributed by atoms with Crippen molar-refractivity contribution in [1.82, 2.24) is 10.4 Å². The van der Waals surface area contributed by atoms with Gasteiger partial charge >= 0.3 is 0 Å². The smallest absolute Gasteiger partial charge is 0.0717 e. The fraction of sp³-hybridized carbons (Fsp3) is 0.118. The predicted octanol–water partition coefficient (Wildman–Crippen LogP) is 3.75. The number of hydrogen-bond donors (Lipinski definition) is 2. The lowest BCUT2D eigenvalue weighted by molar-refractivity contribution is 0.640. The maximum atomic E-state index is 5.96. The van der Waals surface area contributed by atoms with Crippen LogP contribution in [0.25, 0.3) is 10.9 Å². The molecule has 3 aromatic rings. The zero-order chi connectivity index (χ0) is 14.8. The summed E-state index contributed by atoms with van der Waals surface area (Å²) in [4.78, 5) is 4.57. The zero-order valence-corrected chi connectivity index (χ0v) is 12.4. The Hall–Kier alpha value is -1.94. The monoisotopic (exact) mass is 297 g/mol. The third-order valence-electron chi connectivity index (χ3n) is 3.56. The minimum Gasteiger partial charge on any atom is -0.271 e. The highest BCUT2D eigenvalue weighted by Gasteiger charge is 2.16. The molecule has 0 spiro atoms. The quantitative estimate of drug-likeness (QED) is 0.572. The molecule has 106 valence electrons. The number of fused-ring (bicyclic) bond motifs is 1. The number of nitrogens with zero attached hydrogens (tertiary/aromatic N) is 1. The average Bonchev–Trinajstić information content (AvgIpc) is 2.49. The van der Waals surface area contributed by atoms with Crippen LogP contribution in [0.1, 0.15) is 22.9 Å². The van der Waals surface area contributed by atoms with E-state index in [0.717, 1.165) is 27.7 Å². The molecule has 1 heterocycles. The third kappa shape index (κ3) is 2.76. The van der Waals surface area contributed by atoms with Crippen LogP contribution in [0, 0.1) is 6.92 Å². The summed E-state index contributed by atoms with van der Waals surface area (Å²) in [6.45, 7) is 1.99. The topological polar surface area (TPSA) is 50.9 Å². The maximum absolute atomic E-state index is 5.96. The number of pyridine rings is 1. The van der Waals surface area contributed by atoms with Gasteiger partial charge in [0.05, 0.1) is 11.6 Å². The minimum atomic E-state index is -0.103. The second kappa shape index (κ2) is 5.82. The Morgan fingerprint density at radius 3 is 2.52 bits per heavy atom. The number of halogens is 1. The molecule has 0 aliphatic carbocycles. The SMILES string of the molecule is Cc1cc(C(NN)c2ccc(Cl)cc2)c2ccccc2n1. The molecule has 0 aliphatic rings. The fourth-order valence-electron chi connectivity index (χ4n) is 2.60. The molecular weight excluding hydrogens is 282 g/mol. The molecule has 0 saturated carbocycles. The highest BCUT2D eigenvalue weighted by molar-refractivity contribution is 6.30. The van der Waals surface area contributed by atoms with Crippen LogP contribution in [0.2, 0.25) is 5.02 Å². The van der Waals surface area contributed by atoms with E-state index in [9.17, 15) is 0 Å². The van der Waals surface area contributed by atoms with Crippen molar-refractivity contribution in [3.05, 3.63) is 76.4 Å². The first kappa shape index (κ1) is 14.0. The Bertz CT molecular complexity index is 769. The van der Waals surface area contributed by atoms with Gasteiger partial charge in [0, 0.05) is 16.1 Å². The average molecular weight is 298 g/mol. The van der Waals surface area contributed by atoms with Gasteiger partial charge < -0.3 is 0 Å². The van der Waals surface area contributed by atoms with Crippen molar-refractivity contribution in [3.63, 3.8) is 0 Å². The van der Waals surface area contributed by atoms with E-state index in [0.29, 0.717) is 5.02 Å². The molecule has 3 nitrogen and oxygen atoms in total. The molecule has 4 heteroatoms. The molecule has 0 saturated heterocycles. The molecule has 3 rings (SSSR count). The molecule has 0 aliphatic heterocycles. The Labute approximate surface area is 128 Å². The minimum absolute atomic E-state index is 0.103. The molecule has 1 aromatic heterocycles. The highest BCUT2D eigenvalue weighted by atomic mass is 35.5. The third-order valence-corrected chi connectivity index (χ3v) is 3.81. The van der Waals surface area contributed by atoms with Crippen molar-refractivity contribution in [2.75, 3.05) is 0 Å². The van der Waals surface area contributed by atoms with E-state index in [2.05, 4.69) is 22.5 Å². The molecule has 0 fully saturated rings. The van der Waals surface area contributed by atoms with Gasteiger partial charge in [0.1, 0.15) is 0 Å². The summed E-state index contributed by atoms with van der Waals surface area (Å²) >= 11 is 5.96. The predicted molar refractivity (Wildman–Crippen MR) is 87.1 cm³/mol. The van der Waals surface area contributed by atoms with Crippen LogP contribution in [-0.4, -0.2) is 4.98 Å². The Morgan fingerprint density at radius 1 is 1.10 bits per heavy atom. The van der Waals surface area contributed by atoms with E-state index < -0.39 is 0 Å². The summed E-state index contributed by atoms with van der Waals surface area (Å²) in [5.74, 6) is 5.81. The van der Waals surface area contributed by atoms with Gasteiger partial charge in [-0.25, -0.2) is 5.43 Å². The van der Waals surface area contributed by atoms with Gasteiger partial charge in [0.25, 0.3) is 0 Å². The molecular formula is C17H16ClN3. The first-order valence-corrected chi connectivity index (χ1v) is 7.14. The summed E-state index contributed by atoms with van der Waals surface area (Å²) in [5, 5.41) is 1.81. The largest absolute Gasteiger partial charge is 0.271 e. The number of hydrazine groups is 1. The van der Waals surface area contributed by atoms with Crippen LogP contribution in [0.4, 0.5) is 0 Å². The Morgan fingerprint density at radius 2 is 1.81 bits per heavy atom. The number of nitrogens with two attached hydrogens (primary N) is 1. The summed E-state index contributed by atoms with van der Waals surface area (Å²) in [5.41, 5.74) is 7.03. The van der Waals surface area contributed by atoms with E-state index in [1.54, 1.807) is 0 Å². The zero-order valence-electron chi connectivity index (χ0n) is 11.7. The van der Waals surface area contributed by atoms with Crippen molar-refractivity contribution < 1.29 is 0 Å². The number of nitrogens with one attached hydrogen (secondary N) is 1. The Balaban J connectivity index is 2.19. The first-order chi connectivity index (χ1) is 10.2. The lowest BCUT2D eigenvalue weighted by atomic mass is 9.95. The molecule has 21 heavy (non-hydrogen) atoms. The lowest BCUT2D eigenvalue weighted by Crippen LogP contribution is -2.29. The van der Waals surface area contributed by atoms with E-state index in [-0.39, 0.29) is 6.04 Å². The molecule has 3 N–H and O–H groups in total. The first-order valence-electron chi connectivity index (χ1n) is 6.77. The molecule has 1 unspecified atom stereocenters. The fourth-order valence-corrected chi connectivity index (χ4v) is 2.73. The van der Waals surface area contributed by atoms with Gasteiger partial charge in [-0.2, -0.15) is 0 Å². The van der Waals surface area contributed by atoms with Gasteiger partial charge in [-0.05, 0) is 42.3 Å². The van der Waals surface area contributed by atoms with Crippen LogP contribution in [0.3, 0.4) is 0 Å². The van der Waals surface area contributed by atoms with E-state index >= 15 is 0 Å². The standard InChI is InChI=1S/C17H16ClN3/c1-11-10-15(14-4-2-3-5-16(14)20-11)17(21-19)12-6-8-13(18)9-7-12/h2-10,17,21H,19H2,1H3. The van der Waals surface area contributed by atoms with Crippen molar-refractivity contribution >= 4 is 22.5 Å². The van der Waals surface area contributed by atoms with Crippen molar-refractivity contribution in [1.29, 1.82) is 0 Å². The summed E-state index contributed by atoms with van der Waals surface area (Å²) in [6.07, 6.45) is 0. The van der Waals surface area contributed by atoms with Crippen molar-refractivity contribution in [2.24, 2.45) is 5.84 Å². The van der Waals surface area contributed by atoms with Gasteiger partial charge in [-0.1, -0.05) is 41.9 Å².